The van der Waals surface area contributed by atoms with Crippen LogP contribution in [0.5, 0.6) is 5.75 Å². The fraction of sp³-hybridized carbons (Fsp3) is 0.600. The van der Waals surface area contributed by atoms with Gasteiger partial charge < -0.3 is 15.0 Å². The van der Waals surface area contributed by atoms with Crippen molar-refractivity contribution in [2.24, 2.45) is 5.92 Å². The van der Waals surface area contributed by atoms with E-state index in [1.807, 2.05) is 18.2 Å². The molecule has 0 fully saturated rings. The van der Waals surface area contributed by atoms with Crippen LogP contribution in [0.1, 0.15) is 20.8 Å². The van der Waals surface area contributed by atoms with Crippen LogP contribution >= 0.6 is 0 Å². The van der Waals surface area contributed by atoms with Gasteiger partial charge in [-0.05, 0) is 24.6 Å². The van der Waals surface area contributed by atoms with Gasteiger partial charge in [0.15, 0.2) is 0 Å². The van der Waals surface area contributed by atoms with Crippen LogP contribution in [0, 0.1) is 5.92 Å². The quantitative estimate of drug-likeness (QED) is 0.805. The standard InChI is InChI=1S/C15H26N2O/c1-12(2)16-10-13(3)11-17(4)14-8-6-7-9-15(14)18-5/h6-9,12-13,16H,10-11H2,1-5H3. The molecule has 0 heterocycles. The van der Waals surface area contributed by atoms with E-state index < -0.39 is 0 Å². The second-order valence-corrected chi connectivity index (χ2v) is 5.22. The number of benzene rings is 1. The highest BCUT2D eigenvalue weighted by Crippen LogP contribution is 2.26. The Morgan fingerprint density at radius 3 is 2.50 bits per heavy atom. The molecule has 1 unspecified atom stereocenters. The smallest absolute Gasteiger partial charge is 0.142 e. The van der Waals surface area contributed by atoms with Crippen molar-refractivity contribution < 1.29 is 4.74 Å². The fourth-order valence-corrected chi connectivity index (χ4v) is 2.01. The number of nitrogens with one attached hydrogen (secondary N) is 1. The van der Waals surface area contributed by atoms with E-state index in [1.54, 1.807) is 7.11 Å². The van der Waals surface area contributed by atoms with Crippen LogP contribution in [0.3, 0.4) is 0 Å². The first-order valence-electron chi connectivity index (χ1n) is 6.62. The summed E-state index contributed by atoms with van der Waals surface area (Å²) in [5, 5.41) is 3.47. The molecule has 1 aromatic rings. The van der Waals surface area contributed by atoms with Gasteiger partial charge in [0, 0.05) is 19.6 Å². The lowest BCUT2D eigenvalue weighted by Gasteiger charge is -2.25. The van der Waals surface area contributed by atoms with Gasteiger partial charge in [-0.15, -0.1) is 0 Å². The monoisotopic (exact) mass is 250 g/mol. The molecule has 18 heavy (non-hydrogen) atoms. The van der Waals surface area contributed by atoms with E-state index in [0.29, 0.717) is 12.0 Å². The van der Waals surface area contributed by atoms with Gasteiger partial charge in [0.2, 0.25) is 0 Å². The normalized spacial score (nSPS) is 12.6. The molecule has 0 aromatic heterocycles. The lowest BCUT2D eigenvalue weighted by atomic mass is 10.1. The Morgan fingerprint density at radius 1 is 1.22 bits per heavy atom. The summed E-state index contributed by atoms with van der Waals surface area (Å²) in [6.45, 7) is 8.67. The molecule has 1 N–H and O–H groups in total. The Morgan fingerprint density at radius 2 is 1.89 bits per heavy atom. The lowest BCUT2D eigenvalue weighted by Crippen LogP contribution is -2.34. The van der Waals surface area contributed by atoms with Gasteiger partial charge in [-0.3, -0.25) is 0 Å². The molecular formula is C15H26N2O. The topological polar surface area (TPSA) is 24.5 Å². The van der Waals surface area contributed by atoms with Crippen molar-refractivity contribution >= 4 is 5.69 Å². The van der Waals surface area contributed by atoms with Crippen molar-refractivity contribution in [3.8, 4) is 5.75 Å². The number of ether oxygens (including phenoxy) is 1. The molecule has 0 aliphatic heterocycles. The minimum Gasteiger partial charge on any atom is -0.495 e. The minimum absolute atomic E-state index is 0.545. The van der Waals surface area contributed by atoms with Crippen LogP contribution in [0.4, 0.5) is 5.69 Å². The van der Waals surface area contributed by atoms with Crippen molar-refractivity contribution in [2.75, 3.05) is 32.1 Å². The molecule has 102 valence electrons. The summed E-state index contributed by atoms with van der Waals surface area (Å²) in [4.78, 5) is 2.26. The highest BCUT2D eigenvalue weighted by atomic mass is 16.5. The van der Waals surface area contributed by atoms with Crippen LogP contribution in [0.25, 0.3) is 0 Å². The van der Waals surface area contributed by atoms with Gasteiger partial charge >= 0.3 is 0 Å². The summed E-state index contributed by atoms with van der Waals surface area (Å²) in [6.07, 6.45) is 0. The molecule has 0 spiro atoms. The first-order valence-corrected chi connectivity index (χ1v) is 6.62. The van der Waals surface area contributed by atoms with E-state index >= 15 is 0 Å². The summed E-state index contributed by atoms with van der Waals surface area (Å²) >= 11 is 0. The summed E-state index contributed by atoms with van der Waals surface area (Å²) in [6, 6.07) is 8.69. The number of hydrogen-bond donors (Lipinski definition) is 1. The van der Waals surface area contributed by atoms with Crippen molar-refractivity contribution in [3.05, 3.63) is 24.3 Å². The van der Waals surface area contributed by atoms with Crippen LogP contribution in [0.2, 0.25) is 0 Å². The fourth-order valence-electron chi connectivity index (χ4n) is 2.01. The average molecular weight is 250 g/mol. The summed E-state index contributed by atoms with van der Waals surface area (Å²) in [7, 11) is 3.83. The predicted molar refractivity (Wildman–Crippen MR) is 78.6 cm³/mol. The third-order valence-corrected chi connectivity index (χ3v) is 2.96. The van der Waals surface area contributed by atoms with Gasteiger partial charge in [-0.1, -0.05) is 32.9 Å². The minimum atomic E-state index is 0.545. The molecule has 1 rings (SSSR count). The Balaban J connectivity index is 2.56. The van der Waals surface area contributed by atoms with Crippen molar-refractivity contribution in [2.45, 2.75) is 26.8 Å². The predicted octanol–water partition coefficient (Wildman–Crippen LogP) is 2.77. The molecule has 0 radical (unpaired) electrons. The maximum absolute atomic E-state index is 5.39. The zero-order valence-corrected chi connectivity index (χ0v) is 12.2. The molecule has 0 amide bonds. The van der Waals surface area contributed by atoms with E-state index in [0.717, 1.165) is 24.5 Å². The number of methoxy groups -OCH3 is 1. The molecule has 0 bridgehead atoms. The van der Waals surface area contributed by atoms with Gasteiger partial charge in [0.25, 0.3) is 0 Å². The molecule has 0 aliphatic carbocycles. The third kappa shape index (κ3) is 4.57. The van der Waals surface area contributed by atoms with Crippen LogP contribution in [0.15, 0.2) is 24.3 Å². The molecule has 0 aliphatic rings. The molecular weight excluding hydrogens is 224 g/mol. The second-order valence-electron chi connectivity index (χ2n) is 5.22. The Hall–Kier alpha value is -1.22. The molecule has 3 heteroatoms. The molecule has 3 nitrogen and oxygen atoms in total. The number of hydrogen-bond acceptors (Lipinski definition) is 3. The van der Waals surface area contributed by atoms with Gasteiger partial charge in [-0.25, -0.2) is 0 Å². The molecule has 1 atom stereocenters. The molecule has 1 aromatic carbocycles. The van der Waals surface area contributed by atoms with Crippen molar-refractivity contribution in [1.29, 1.82) is 0 Å². The maximum Gasteiger partial charge on any atom is 0.142 e. The molecule has 0 saturated carbocycles. The third-order valence-electron chi connectivity index (χ3n) is 2.96. The van der Waals surface area contributed by atoms with Gasteiger partial charge in [0.05, 0.1) is 12.8 Å². The largest absolute Gasteiger partial charge is 0.495 e. The van der Waals surface area contributed by atoms with Gasteiger partial charge in [-0.2, -0.15) is 0 Å². The number of para-hydroxylation sites is 2. The van der Waals surface area contributed by atoms with E-state index in [1.165, 1.54) is 0 Å². The Bertz CT molecular complexity index is 352. The lowest BCUT2D eigenvalue weighted by molar-refractivity contribution is 0.413. The average Bonchev–Trinajstić information content (AvgIpc) is 2.36. The SMILES string of the molecule is COc1ccccc1N(C)CC(C)CNC(C)C. The van der Waals surface area contributed by atoms with Crippen molar-refractivity contribution in [3.63, 3.8) is 0 Å². The highest BCUT2D eigenvalue weighted by molar-refractivity contribution is 5.57. The Labute approximate surface area is 111 Å². The Kier molecular flexibility index (Phi) is 5.99. The van der Waals surface area contributed by atoms with E-state index in [2.05, 4.69) is 44.1 Å². The summed E-state index contributed by atoms with van der Waals surface area (Å²) in [5.74, 6) is 1.53. The second kappa shape index (κ2) is 7.27. The summed E-state index contributed by atoms with van der Waals surface area (Å²) in [5.41, 5.74) is 1.15. The summed E-state index contributed by atoms with van der Waals surface area (Å²) < 4.78 is 5.39. The van der Waals surface area contributed by atoms with Crippen LogP contribution in [-0.2, 0) is 0 Å². The number of nitrogens with zero attached hydrogens (tertiary/aromatic N) is 1. The first-order chi connectivity index (χ1) is 8.54. The van der Waals surface area contributed by atoms with E-state index in [-0.39, 0.29) is 0 Å². The highest BCUT2D eigenvalue weighted by Gasteiger charge is 2.11. The zero-order valence-electron chi connectivity index (χ0n) is 12.2. The van der Waals surface area contributed by atoms with E-state index in [9.17, 15) is 0 Å². The van der Waals surface area contributed by atoms with Crippen molar-refractivity contribution in [1.82, 2.24) is 5.32 Å². The van der Waals surface area contributed by atoms with E-state index in [4.69, 9.17) is 4.74 Å². The molecule has 0 saturated heterocycles. The number of anilines is 1. The maximum atomic E-state index is 5.39. The first kappa shape index (κ1) is 14.8. The number of rotatable bonds is 7. The van der Waals surface area contributed by atoms with Gasteiger partial charge in [0.1, 0.15) is 5.75 Å². The zero-order chi connectivity index (χ0) is 13.5. The van der Waals surface area contributed by atoms with Crippen LogP contribution < -0.4 is 15.0 Å². The van der Waals surface area contributed by atoms with Crippen LogP contribution in [-0.4, -0.2) is 33.3 Å².